The minimum Gasteiger partial charge on any atom is -0.307 e. The van der Waals surface area contributed by atoms with Crippen LogP contribution in [-0.4, -0.2) is 30.1 Å². The van der Waals surface area contributed by atoms with E-state index in [1.165, 1.54) is 31.5 Å². The molecule has 0 saturated carbocycles. The fourth-order valence-electron chi connectivity index (χ4n) is 3.04. The van der Waals surface area contributed by atoms with Crippen molar-refractivity contribution in [2.75, 3.05) is 13.1 Å². The third-order valence-corrected chi connectivity index (χ3v) is 4.59. The first kappa shape index (κ1) is 15.8. The van der Waals surface area contributed by atoms with Gasteiger partial charge in [-0.3, -0.25) is 0 Å². The van der Waals surface area contributed by atoms with E-state index < -0.39 is 0 Å². The molecule has 0 aromatic heterocycles. The van der Waals surface area contributed by atoms with E-state index >= 15 is 0 Å². The van der Waals surface area contributed by atoms with Crippen molar-refractivity contribution in [1.29, 1.82) is 0 Å². The number of rotatable bonds is 5. The Labute approximate surface area is 128 Å². The van der Waals surface area contributed by atoms with Gasteiger partial charge >= 0.3 is 0 Å². The quantitative estimate of drug-likeness (QED) is 0.873. The number of likely N-dealkylation sites (tertiary alicyclic amines) is 1. The molecule has 1 fully saturated rings. The zero-order valence-electron chi connectivity index (χ0n) is 12.9. The van der Waals surface area contributed by atoms with Crippen LogP contribution in [0.25, 0.3) is 0 Å². The first-order valence-corrected chi connectivity index (χ1v) is 8.23. The molecule has 1 aromatic carbocycles. The Bertz CT molecular complexity index is 411. The van der Waals surface area contributed by atoms with Crippen LogP contribution in [0.2, 0.25) is 5.02 Å². The summed E-state index contributed by atoms with van der Waals surface area (Å²) >= 11 is 6.11. The second-order valence-corrected chi connectivity index (χ2v) is 6.52. The molecule has 1 atom stereocenters. The highest BCUT2D eigenvalue weighted by molar-refractivity contribution is 6.30. The summed E-state index contributed by atoms with van der Waals surface area (Å²) in [4.78, 5) is 2.57. The molecular weight excluding hydrogens is 268 g/mol. The number of halogens is 1. The van der Waals surface area contributed by atoms with Gasteiger partial charge in [0.15, 0.2) is 0 Å². The highest BCUT2D eigenvalue weighted by Crippen LogP contribution is 2.23. The van der Waals surface area contributed by atoms with Gasteiger partial charge in [-0.2, -0.15) is 0 Å². The van der Waals surface area contributed by atoms with Gasteiger partial charge in [-0.1, -0.05) is 30.7 Å². The number of nitrogens with zero attached hydrogens (tertiary/aromatic N) is 1. The second kappa shape index (κ2) is 7.44. The summed E-state index contributed by atoms with van der Waals surface area (Å²) < 4.78 is 0. The number of piperidine rings is 1. The van der Waals surface area contributed by atoms with Crippen molar-refractivity contribution in [3.63, 3.8) is 0 Å². The van der Waals surface area contributed by atoms with Crippen LogP contribution in [0.4, 0.5) is 0 Å². The summed E-state index contributed by atoms with van der Waals surface area (Å²) in [5.41, 5.74) is 1.31. The van der Waals surface area contributed by atoms with Crippen molar-refractivity contribution in [3.8, 4) is 0 Å². The summed E-state index contributed by atoms with van der Waals surface area (Å²) in [6.07, 6.45) is 3.59. The van der Waals surface area contributed by atoms with Crippen LogP contribution in [0.3, 0.4) is 0 Å². The summed E-state index contributed by atoms with van der Waals surface area (Å²) in [6, 6.07) is 9.98. The average molecular weight is 295 g/mol. The molecule has 20 heavy (non-hydrogen) atoms. The maximum absolute atomic E-state index is 6.11. The summed E-state index contributed by atoms with van der Waals surface area (Å²) in [6.45, 7) is 9.23. The maximum Gasteiger partial charge on any atom is 0.0409 e. The molecule has 1 N–H and O–H groups in total. The average Bonchev–Trinajstić information content (AvgIpc) is 2.45. The number of benzene rings is 1. The molecule has 1 unspecified atom stereocenters. The zero-order valence-corrected chi connectivity index (χ0v) is 13.7. The summed E-state index contributed by atoms with van der Waals surface area (Å²) in [5.74, 6) is 0. The van der Waals surface area contributed by atoms with Crippen LogP contribution < -0.4 is 5.32 Å². The first-order chi connectivity index (χ1) is 9.60. The molecule has 2 nitrogen and oxygen atoms in total. The first-order valence-electron chi connectivity index (χ1n) is 7.85. The van der Waals surface area contributed by atoms with E-state index in [1.54, 1.807) is 0 Å². The van der Waals surface area contributed by atoms with Crippen LogP contribution in [-0.2, 0) is 0 Å². The van der Waals surface area contributed by atoms with Crippen molar-refractivity contribution in [1.82, 2.24) is 10.2 Å². The van der Waals surface area contributed by atoms with Gasteiger partial charge < -0.3 is 10.2 Å². The predicted molar refractivity (Wildman–Crippen MR) is 87.4 cm³/mol. The van der Waals surface area contributed by atoms with Gasteiger partial charge in [0, 0.05) is 23.1 Å². The van der Waals surface area contributed by atoms with Crippen molar-refractivity contribution in [2.45, 2.75) is 58.2 Å². The van der Waals surface area contributed by atoms with Crippen molar-refractivity contribution in [3.05, 3.63) is 34.9 Å². The van der Waals surface area contributed by atoms with E-state index in [1.807, 2.05) is 12.1 Å². The summed E-state index contributed by atoms with van der Waals surface area (Å²) in [5, 5.41) is 4.65. The van der Waals surface area contributed by atoms with Gasteiger partial charge in [0.1, 0.15) is 0 Å². The second-order valence-electron chi connectivity index (χ2n) is 6.09. The molecule has 2 rings (SSSR count). The van der Waals surface area contributed by atoms with Crippen LogP contribution in [0, 0.1) is 0 Å². The Balaban J connectivity index is 1.91. The molecule has 0 amide bonds. The molecule has 1 aromatic rings. The maximum atomic E-state index is 6.11. The third-order valence-electron chi connectivity index (χ3n) is 4.36. The third kappa shape index (κ3) is 4.21. The van der Waals surface area contributed by atoms with E-state index in [4.69, 9.17) is 11.6 Å². The topological polar surface area (TPSA) is 15.3 Å². The monoisotopic (exact) mass is 294 g/mol. The van der Waals surface area contributed by atoms with Gasteiger partial charge in [0.25, 0.3) is 0 Å². The standard InChI is InChI=1S/C17H27ClN2/c1-4-17(14-6-5-7-15(18)12-14)19-16-8-10-20(11-9-16)13(2)3/h5-7,12-13,16-17,19H,4,8-11H2,1-3H3. The van der Waals surface area contributed by atoms with Crippen LogP contribution in [0.1, 0.15) is 51.6 Å². The molecule has 0 radical (unpaired) electrons. The number of nitrogens with one attached hydrogen (secondary N) is 1. The SMILES string of the molecule is CCC(NC1CCN(C(C)C)CC1)c1cccc(Cl)c1. The number of hydrogen-bond donors (Lipinski definition) is 1. The molecule has 3 heteroatoms. The molecule has 1 aliphatic rings. The van der Waals surface area contributed by atoms with E-state index in [0.717, 1.165) is 11.4 Å². The lowest BCUT2D eigenvalue weighted by atomic mass is 9.99. The van der Waals surface area contributed by atoms with E-state index in [9.17, 15) is 0 Å². The van der Waals surface area contributed by atoms with Gasteiger partial charge in [-0.25, -0.2) is 0 Å². The Morgan fingerprint density at radius 2 is 2.00 bits per heavy atom. The van der Waals surface area contributed by atoms with Gasteiger partial charge in [-0.15, -0.1) is 0 Å². The lowest BCUT2D eigenvalue weighted by Gasteiger charge is -2.36. The van der Waals surface area contributed by atoms with Gasteiger partial charge in [0.05, 0.1) is 0 Å². The highest BCUT2D eigenvalue weighted by Gasteiger charge is 2.22. The fraction of sp³-hybridized carbons (Fsp3) is 0.647. The van der Waals surface area contributed by atoms with E-state index in [0.29, 0.717) is 18.1 Å². The largest absolute Gasteiger partial charge is 0.307 e. The summed E-state index contributed by atoms with van der Waals surface area (Å²) in [7, 11) is 0. The molecular formula is C17H27ClN2. The van der Waals surface area contributed by atoms with Gasteiger partial charge in [-0.05, 0) is 63.9 Å². The highest BCUT2D eigenvalue weighted by atomic mass is 35.5. The fourth-order valence-corrected chi connectivity index (χ4v) is 3.24. The Kier molecular flexibility index (Phi) is 5.88. The van der Waals surface area contributed by atoms with E-state index in [2.05, 4.69) is 43.1 Å². The molecule has 0 aliphatic carbocycles. The molecule has 1 heterocycles. The minimum absolute atomic E-state index is 0.421. The Morgan fingerprint density at radius 1 is 1.30 bits per heavy atom. The van der Waals surface area contributed by atoms with Crippen LogP contribution in [0.5, 0.6) is 0 Å². The lowest BCUT2D eigenvalue weighted by molar-refractivity contribution is 0.156. The molecule has 1 saturated heterocycles. The Hall–Kier alpha value is -0.570. The minimum atomic E-state index is 0.421. The molecule has 0 bridgehead atoms. The number of hydrogen-bond acceptors (Lipinski definition) is 2. The smallest absolute Gasteiger partial charge is 0.0409 e. The van der Waals surface area contributed by atoms with Crippen molar-refractivity contribution < 1.29 is 0 Å². The lowest BCUT2D eigenvalue weighted by Crippen LogP contribution is -2.45. The van der Waals surface area contributed by atoms with E-state index in [-0.39, 0.29) is 0 Å². The molecule has 0 spiro atoms. The normalized spacial score (nSPS) is 19.4. The van der Waals surface area contributed by atoms with Crippen LogP contribution >= 0.6 is 11.6 Å². The van der Waals surface area contributed by atoms with Gasteiger partial charge in [0.2, 0.25) is 0 Å². The van der Waals surface area contributed by atoms with Crippen LogP contribution in [0.15, 0.2) is 24.3 Å². The predicted octanol–water partition coefficient (Wildman–Crippen LogP) is 4.25. The molecule has 112 valence electrons. The van der Waals surface area contributed by atoms with Crippen molar-refractivity contribution in [2.24, 2.45) is 0 Å². The molecule has 1 aliphatic heterocycles. The zero-order chi connectivity index (χ0) is 14.5. The van der Waals surface area contributed by atoms with Crippen molar-refractivity contribution >= 4 is 11.6 Å². The Morgan fingerprint density at radius 3 is 2.55 bits per heavy atom.